The van der Waals surface area contributed by atoms with E-state index in [1.807, 2.05) is 38.1 Å². The Labute approximate surface area is 153 Å². The first kappa shape index (κ1) is 17.8. The summed E-state index contributed by atoms with van der Waals surface area (Å²) in [6, 6.07) is 15.1. The third kappa shape index (κ3) is 3.10. The summed E-state index contributed by atoms with van der Waals surface area (Å²) in [4.78, 5) is 12.2. The molecular formula is C22H23NO3. The lowest BCUT2D eigenvalue weighted by Crippen LogP contribution is -2.14. The predicted octanol–water partition coefficient (Wildman–Crippen LogP) is 5.18. The van der Waals surface area contributed by atoms with Gasteiger partial charge in [0.05, 0.1) is 13.0 Å². The predicted molar refractivity (Wildman–Crippen MR) is 105 cm³/mol. The van der Waals surface area contributed by atoms with Gasteiger partial charge in [-0.05, 0) is 72.5 Å². The standard InChI is InChI=1S/C22H23NO3/c1-13-18-7-5-6-8-19(18)20(15(3)22(25)26-4)14(2)21(13)23-16-9-11-17(24)12-10-16/h5-12,15,23-24H,1-4H3. The van der Waals surface area contributed by atoms with Crippen molar-refractivity contribution < 1.29 is 14.6 Å². The molecular weight excluding hydrogens is 326 g/mol. The second kappa shape index (κ2) is 7.08. The Hall–Kier alpha value is -3.01. The first-order valence-corrected chi connectivity index (χ1v) is 8.59. The molecule has 3 aromatic carbocycles. The highest BCUT2D eigenvalue weighted by atomic mass is 16.5. The number of benzene rings is 3. The molecule has 0 saturated carbocycles. The van der Waals surface area contributed by atoms with Crippen LogP contribution in [-0.4, -0.2) is 18.2 Å². The van der Waals surface area contributed by atoms with E-state index in [0.29, 0.717) is 0 Å². The molecule has 0 fully saturated rings. The van der Waals surface area contributed by atoms with Gasteiger partial charge < -0.3 is 15.2 Å². The van der Waals surface area contributed by atoms with E-state index in [1.165, 1.54) is 7.11 Å². The molecule has 3 aromatic rings. The van der Waals surface area contributed by atoms with E-state index < -0.39 is 0 Å². The molecule has 4 nitrogen and oxygen atoms in total. The molecule has 0 aliphatic rings. The van der Waals surface area contributed by atoms with Crippen LogP contribution in [0, 0.1) is 13.8 Å². The van der Waals surface area contributed by atoms with Crippen molar-refractivity contribution in [1.29, 1.82) is 0 Å². The van der Waals surface area contributed by atoms with Crippen LogP contribution in [0.2, 0.25) is 0 Å². The number of anilines is 2. The van der Waals surface area contributed by atoms with Crippen molar-refractivity contribution in [2.45, 2.75) is 26.7 Å². The van der Waals surface area contributed by atoms with E-state index in [1.54, 1.807) is 12.1 Å². The van der Waals surface area contributed by atoms with Crippen LogP contribution >= 0.6 is 0 Å². The fourth-order valence-electron chi connectivity index (χ4n) is 3.53. The number of carbonyl (C=O) groups excluding carboxylic acids is 1. The topological polar surface area (TPSA) is 58.6 Å². The maximum absolute atomic E-state index is 12.2. The molecule has 26 heavy (non-hydrogen) atoms. The zero-order chi connectivity index (χ0) is 18.8. The number of esters is 1. The van der Waals surface area contributed by atoms with Gasteiger partial charge in [-0.1, -0.05) is 24.3 Å². The Morgan fingerprint density at radius 2 is 1.62 bits per heavy atom. The second-order valence-corrected chi connectivity index (χ2v) is 6.50. The summed E-state index contributed by atoms with van der Waals surface area (Å²) < 4.78 is 4.98. The number of aryl methyl sites for hydroxylation is 1. The Balaban J connectivity index is 2.22. The highest BCUT2D eigenvalue weighted by Crippen LogP contribution is 2.39. The number of methoxy groups -OCH3 is 1. The summed E-state index contributed by atoms with van der Waals surface area (Å²) >= 11 is 0. The lowest BCUT2D eigenvalue weighted by atomic mass is 9.87. The maximum atomic E-state index is 12.2. The van der Waals surface area contributed by atoms with Gasteiger partial charge in [-0.15, -0.1) is 0 Å². The molecule has 0 bridgehead atoms. The molecule has 0 radical (unpaired) electrons. The number of carbonyl (C=O) groups is 1. The largest absolute Gasteiger partial charge is 0.508 e. The molecule has 4 heteroatoms. The van der Waals surface area contributed by atoms with E-state index in [-0.39, 0.29) is 17.6 Å². The zero-order valence-corrected chi connectivity index (χ0v) is 15.5. The molecule has 1 atom stereocenters. The molecule has 3 rings (SSSR count). The Kier molecular flexibility index (Phi) is 4.85. The smallest absolute Gasteiger partial charge is 0.312 e. The average Bonchev–Trinajstić information content (AvgIpc) is 2.66. The fraction of sp³-hybridized carbons (Fsp3) is 0.227. The SMILES string of the molecule is COC(=O)C(C)c1c(C)c(Nc2ccc(O)cc2)c(C)c2ccccc12. The summed E-state index contributed by atoms with van der Waals surface area (Å²) in [5.74, 6) is -0.397. The van der Waals surface area contributed by atoms with Crippen molar-refractivity contribution in [3.05, 3.63) is 65.2 Å². The number of fused-ring (bicyclic) bond motifs is 1. The minimum atomic E-state index is -0.370. The van der Waals surface area contributed by atoms with E-state index >= 15 is 0 Å². The van der Waals surface area contributed by atoms with Gasteiger partial charge in [-0.2, -0.15) is 0 Å². The van der Waals surface area contributed by atoms with Gasteiger partial charge in [0, 0.05) is 11.4 Å². The van der Waals surface area contributed by atoms with Crippen molar-refractivity contribution >= 4 is 28.1 Å². The summed E-state index contributed by atoms with van der Waals surface area (Å²) in [6.07, 6.45) is 0. The lowest BCUT2D eigenvalue weighted by Gasteiger charge is -2.22. The number of hydrogen-bond acceptors (Lipinski definition) is 4. The van der Waals surface area contributed by atoms with Crippen LogP contribution in [0.4, 0.5) is 11.4 Å². The number of hydrogen-bond donors (Lipinski definition) is 2. The molecule has 1 unspecified atom stereocenters. The van der Waals surface area contributed by atoms with Crippen LogP contribution < -0.4 is 5.32 Å². The molecule has 0 spiro atoms. The molecule has 0 heterocycles. The fourth-order valence-corrected chi connectivity index (χ4v) is 3.53. The summed E-state index contributed by atoms with van der Waals surface area (Å²) in [5.41, 5.74) is 4.96. The Morgan fingerprint density at radius 3 is 2.23 bits per heavy atom. The summed E-state index contributed by atoms with van der Waals surface area (Å²) in [6.45, 7) is 5.97. The number of phenols is 1. The second-order valence-electron chi connectivity index (χ2n) is 6.50. The highest BCUT2D eigenvalue weighted by molar-refractivity contribution is 5.98. The lowest BCUT2D eigenvalue weighted by molar-refractivity contribution is -0.141. The number of nitrogens with one attached hydrogen (secondary N) is 1. The van der Waals surface area contributed by atoms with Gasteiger partial charge in [0.2, 0.25) is 0 Å². The minimum Gasteiger partial charge on any atom is -0.508 e. The molecule has 0 aliphatic carbocycles. The normalized spacial score (nSPS) is 12.0. The van der Waals surface area contributed by atoms with Crippen LogP contribution in [0.3, 0.4) is 0 Å². The van der Waals surface area contributed by atoms with Crippen molar-refractivity contribution in [3.63, 3.8) is 0 Å². The van der Waals surface area contributed by atoms with E-state index in [9.17, 15) is 9.90 Å². The van der Waals surface area contributed by atoms with Gasteiger partial charge in [-0.3, -0.25) is 4.79 Å². The van der Waals surface area contributed by atoms with Crippen LogP contribution in [0.1, 0.15) is 29.5 Å². The number of phenolic OH excluding ortho intramolecular Hbond substituents is 1. The minimum absolute atomic E-state index is 0.225. The third-order valence-corrected chi connectivity index (χ3v) is 4.90. The third-order valence-electron chi connectivity index (χ3n) is 4.90. The van der Waals surface area contributed by atoms with Gasteiger partial charge >= 0.3 is 5.97 Å². The van der Waals surface area contributed by atoms with Crippen molar-refractivity contribution in [2.75, 3.05) is 12.4 Å². The zero-order valence-electron chi connectivity index (χ0n) is 15.5. The Morgan fingerprint density at radius 1 is 1.00 bits per heavy atom. The average molecular weight is 349 g/mol. The van der Waals surface area contributed by atoms with E-state index in [2.05, 4.69) is 24.4 Å². The highest BCUT2D eigenvalue weighted by Gasteiger charge is 2.23. The first-order valence-electron chi connectivity index (χ1n) is 8.59. The van der Waals surface area contributed by atoms with Gasteiger partial charge in [-0.25, -0.2) is 0 Å². The van der Waals surface area contributed by atoms with Crippen LogP contribution in [0.15, 0.2) is 48.5 Å². The number of rotatable bonds is 4. The van der Waals surface area contributed by atoms with Crippen molar-refractivity contribution in [2.24, 2.45) is 0 Å². The van der Waals surface area contributed by atoms with Crippen LogP contribution in [-0.2, 0) is 9.53 Å². The maximum Gasteiger partial charge on any atom is 0.312 e. The Bertz CT molecular complexity index is 961. The first-order chi connectivity index (χ1) is 12.4. The van der Waals surface area contributed by atoms with Gasteiger partial charge in [0.15, 0.2) is 0 Å². The van der Waals surface area contributed by atoms with Crippen molar-refractivity contribution in [3.8, 4) is 5.75 Å². The summed E-state index contributed by atoms with van der Waals surface area (Å²) in [5, 5.41) is 15.1. The molecule has 0 aliphatic heterocycles. The van der Waals surface area contributed by atoms with Gasteiger partial charge in [0.25, 0.3) is 0 Å². The molecule has 2 N–H and O–H groups in total. The van der Waals surface area contributed by atoms with Crippen LogP contribution in [0.25, 0.3) is 10.8 Å². The van der Waals surface area contributed by atoms with Crippen LogP contribution in [0.5, 0.6) is 5.75 Å². The molecule has 0 amide bonds. The summed E-state index contributed by atoms with van der Waals surface area (Å²) in [7, 11) is 1.42. The van der Waals surface area contributed by atoms with Crippen molar-refractivity contribution in [1.82, 2.24) is 0 Å². The molecule has 134 valence electrons. The molecule has 0 aromatic heterocycles. The van der Waals surface area contributed by atoms with Gasteiger partial charge in [0.1, 0.15) is 5.75 Å². The monoisotopic (exact) mass is 349 g/mol. The van der Waals surface area contributed by atoms with E-state index in [0.717, 1.165) is 38.8 Å². The quantitative estimate of drug-likeness (QED) is 0.503. The number of aromatic hydroxyl groups is 1. The number of ether oxygens (including phenoxy) is 1. The van der Waals surface area contributed by atoms with E-state index in [4.69, 9.17) is 4.74 Å². The molecule has 0 saturated heterocycles.